The summed E-state index contributed by atoms with van der Waals surface area (Å²) < 4.78 is 19.2. The van der Waals surface area contributed by atoms with Crippen LogP contribution in [-0.2, 0) is 0 Å². The number of fused-ring (bicyclic) bond motifs is 24. The van der Waals surface area contributed by atoms with E-state index < -0.39 is 0 Å². The van der Waals surface area contributed by atoms with Crippen molar-refractivity contribution in [2.24, 2.45) is 0 Å². The molecule has 20 aromatic carbocycles. The van der Waals surface area contributed by atoms with Gasteiger partial charge in [0.05, 0.1) is 94.0 Å². The molecule has 128 heavy (non-hydrogen) atoms. The predicted octanol–water partition coefficient (Wildman–Crippen LogP) is 31.5. The first-order valence-corrected chi connectivity index (χ1v) is 44.0. The maximum atomic E-state index is 2.42. The lowest BCUT2D eigenvalue weighted by Gasteiger charge is -2.14. The minimum atomic E-state index is 1.14. The van der Waals surface area contributed by atoms with Gasteiger partial charge in [0.2, 0.25) is 0 Å². The molecule has 0 aliphatic carbocycles. The maximum Gasteiger partial charge on any atom is 0.0542 e. The summed E-state index contributed by atoms with van der Waals surface area (Å²) in [5.41, 5.74) is 31.2. The molecule has 0 radical (unpaired) electrons. The zero-order valence-electron chi connectivity index (χ0n) is 69.6. The first kappa shape index (κ1) is 72.4. The summed E-state index contributed by atoms with van der Waals surface area (Å²) in [6, 6.07) is 171. The van der Waals surface area contributed by atoms with Crippen LogP contribution in [0.2, 0.25) is 0 Å². The normalized spacial score (nSPS) is 11.9. The van der Waals surface area contributed by atoms with Gasteiger partial charge in [-0.15, -0.1) is 0 Å². The average Bonchev–Trinajstić information content (AvgIpc) is 1.57. The van der Waals surface area contributed by atoms with Crippen molar-refractivity contribution >= 4 is 174 Å². The number of rotatable bonds is 9. The highest BCUT2D eigenvalue weighted by Gasteiger charge is 2.24. The van der Waals surface area contributed by atoms with Gasteiger partial charge in [0.1, 0.15) is 0 Å². The van der Waals surface area contributed by atoms with Crippen LogP contribution in [0.25, 0.3) is 231 Å². The van der Waals surface area contributed by atoms with Gasteiger partial charge in [-0.25, -0.2) is 0 Å². The van der Waals surface area contributed by atoms with Crippen molar-refractivity contribution < 1.29 is 0 Å². The van der Waals surface area contributed by atoms with Crippen molar-refractivity contribution in [3.8, 4) is 56.6 Å². The third-order valence-electron chi connectivity index (χ3n) is 26.6. The smallest absolute Gasteiger partial charge is 0.0542 e. The molecular formula is C120H78N8. The van der Waals surface area contributed by atoms with Crippen LogP contribution in [0.15, 0.2) is 473 Å². The molecule has 28 rings (SSSR count). The molecule has 8 aromatic heterocycles. The Morgan fingerprint density at radius 2 is 0.281 bits per heavy atom. The second-order valence-corrected chi connectivity index (χ2v) is 33.4. The Morgan fingerprint density at radius 1 is 0.102 bits per heavy atom. The van der Waals surface area contributed by atoms with Crippen LogP contribution in [0.4, 0.5) is 0 Å². The van der Waals surface area contributed by atoms with E-state index in [-0.39, 0.29) is 0 Å². The molecule has 0 aliphatic heterocycles. The summed E-state index contributed by atoms with van der Waals surface area (Å²) in [5.74, 6) is 0. The van der Waals surface area contributed by atoms with Crippen molar-refractivity contribution in [3.63, 3.8) is 0 Å². The van der Waals surface area contributed by atoms with Crippen LogP contribution in [0.3, 0.4) is 0 Å². The molecule has 0 aliphatic rings. The molecule has 0 amide bonds. The van der Waals surface area contributed by atoms with E-state index in [4.69, 9.17) is 0 Å². The lowest BCUT2D eigenvalue weighted by molar-refractivity contribution is 1.13. The van der Waals surface area contributed by atoms with Gasteiger partial charge < -0.3 is 36.5 Å². The number of hydrogen-bond donors (Lipinski definition) is 0. The number of aromatic nitrogens is 8. The fourth-order valence-electron chi connectivity index (χ4n) is 21.2. The third kappa shape index (κ3) is 11.2. The van der Waals surface area contributed by atoms with Crippen LogP contribution in [0.5, 0.6) is 0 Å². The van der Waals surface area contributed by atoms with Crippen molar-refractivity contribution in [3.05, 3.63) is 473 Å². The molecule has 0 unspecified atom stereocenters. The van der Waals surface area contributed by atoms with Gasteiger partial charge in [0, 0.05) is 132 Å². The summed E-state index contributed by atoms with van der Waals surface area (Å²) in [4.78, 5) is 0. The first-order valence-electron chi connectivity index (χ1n) is 44.0. The zero-order valence-corrected chi connectivity index (χ0v) is 69.6. The molecule has 28 aromatic rings. The molecule has 8 heteroatoms. The minimum absolute atomic E-state index is 1.14. The fraction of sp³-hybridized carbons (Fsp3) is 0. The van der Waals surface area contributed by atoms with Gasteiger partial charge >= 0.3 is 0 Å². The summed E-state index contributed by atoms with van der Waals surface area (Å²) >= 11 is 0. The van der Waals surface area contributed by atoms with Crippen molar-refractivity contribution in [1.29, 1.82) is 0 Å². The molecule has 8 heterocycles. The highest BCUT2D eigenvalue weighted by molar-refractivity contribution is 6.18. The predicted molar refractivity (Wildman–Crippen MR) is 539 cm³/mol. The number of benzene rings is 20. The number of hydrogen-bond acceptors (Lipinski definition) is 0. The highest BCUT2D eigenvalue weighted by Crippen LogP contribution is 2.45. The largest absolute Gasteiger partial charge is 0.309 e. The van der Waals surface area contributed by atoms with Gasteiger partial charge in [-0.2, -0.15) is 0 Å². The third-order valence-corrected chi connectivity index (χ3v) is 26.6. The molecule has 0 saturated heterocycles. The monoisotopic (exact) mass is 1630 g/mol. The molecule has 0 bridgehead atoms. The standard InChI is InChI=1S/2C42H27N3.C36H24N2/c1-6-19-37-31(14-1)32-15-2-7-20-38(32)43(37)28-12-11-13-29(26-28)44-41-23-10-5-18-35(41)36-27-30(24-25-42(36)44)45-39-21-8-3-16-33(39)34-17-4-9-22-40(34)45;1-2-12-28(13-3-1)43-39-20-10-6-16-33(39)35-27-30(22-24-41(35)43)45-40-21-11-7-17-34(40)36-26-29(23-25-42(36)45)44-37-18-8-4-14-31(37)32-15-5-9-19-38(32)44;1-2-12-25(13-3-1)27-14-4-8-18-32(27)38-35-21-11-7-17-30(35)31-24-26(22-23-36(31)38)37-33-19-9-5-15-28(33)29-16-6-10-20-34(29)37/h2*1-27H;1-24H. The van der Waals surface area contributed by atoms with E-state index in [1.165, 1.54) is 214 Å². The van der Waals surface area contributed by atoms with Crippen LogP contribution < -0.4 is 0 Å². The summed E-state index contributed by atoms with van der Waals surface area (Å²) in [6.45, 7) is 0. The van der Waals surface area contributed by atoms with Gasteiger partial charge in [-0.05, 0) is 188 Å². The fourth-order valence-corrected chi connectivity index (χ4v) is 21.2. The molecule has 0 N–H and O–H groups in total. The van der Waals surface area contributed by atoms with E-state index >= 15 is 0 Å². The van der Waals surface area contributed by atoms with Crippen LogP contribution >= 0.6 is 0 Å². The van der Waals surface area contributed by atoms with E-state index in [1.807, 2.05) is 0 Å². The second kappa shape index (κ2) is 29.2. The van der Waals surface area contributed by atoms with Gasteiger partial charge in [-0.3, -0.25) is 0 Å². The topological polar surface area (TPSA) is 39.4 Å². The van der Waals surface area contributed by atoms with E-state index in [0.29, 0.717) is 0 Å². The van der Waals surface area contributed by atoms with E-state index in [9.17, 15) is 0 Å². The zero-order chi connectivity index (χ0) is 84.0. The molecular weight excluding hydrogens is 1550 g/mol. The summed E-state index contributed by atoms with van der Waals surface area (Å²) in [5, 5.41) is 20.2. The van der Waals surface area contributed by atoms with Gasteiger partial charge in [0.15, 0.2) is 0 Å². The molecule has 0 saturated carbocycles. The van der Waals surface area contributed by atoms with Crippen molar-refractivity contribution in [1.82, 2.24) is 36.5 Å². The van der Waals surface area contributed by atoms with E-state index in [2.05, 4.69) is 510 Å². The van der Waals surface area contributed by atoms with E-state index in [0.717, 1.165) is 17.1 Å². The quantitative estimate of drug-likeness (QED) is 0.138. The van der Waals surface area contributed by atoms with E-state index in [1.54, 1.807) is 0 Å². The first-order chi connectivity index (χ1) is 63.6. The molecule has 0 spiro atoms. The van der Waals surface area contributed by atoms with Crippen molar-refractivity contribution in [2.45, 2.75) is 0 Å². The summed E-state index contributed by atoms with van der Waals surface area (Å²) in [7, 11) is 0. The lowest BCUT2D eigenvalue weighted by Crippen LogP contribution is -1.99. The highest BCUT2D eigenvalue weighted by atomic mass is 15.0. The van der Waals surface area contributed by atoms with Crippen LogP contribution in [-0.4, -0.2) is 36.5 Å². The molecule has 598 valence electrons. The Balaban J connectivity index is 0.000000102. The molecule has 0 atom stereocenters. The Labute approximate surface area is 735 Å². The number of nitrogens with zero attached hydrogens (tertiary/aromatic N) is 8. The average molecular weight is 1630 g/mol. The number of para-hydroxylation sites is 14. The Hall–Kier alpha value is -17.2. The van der Waals surface area contributed by atoms with Crippen LogP contribution in [0.1, 0.15) is 0 Å². The Morgan fingerprint density at radius 3 is 0.555 bits per heavy atom. The second-order valence-electron chi connectivity index (χ2n) is 33.4. The molecule has 8 nitrogen and oxygen atoms in total. The Kier molecular flexibility index (Phi) is 16.6. The maximum absolute atomic E-state index is 2.42. The van der Waals surface area contributed by atoms with Crippen LogP contribution in [0, 0.1) is 0 Å². The lowest BCUT2D eigenvalue weighted by atomic mass is 10.0. The Bertz CT molecular complexity index is 9140. The van der Waals surface area contributed by atoms with Gasteiger partial charge in [-0.1, -0.05) is 291 Å². The van der Waals surface area contributed by atoms with Crippen molar-refractivity contribution in [2.75, 3.05) is 0 Å². The molecule has 0 fully saturated rings. The SMILES string of the molecule is c1cc(-n2c3ccccc3c3ccccc32)cc(-n2c3ccccc3c3cc(-n4c5ccccc5c5ccccc54)ccc32)c1.c1ccc(-c2ccccc2-n2c3ccccc3c3cc(-n4c5ccccc5c5ccccc54)ccc32)cc1.c1ccc(-n2c3ccccc3c3cc(-n4c5ccccc5c5cc(-n6c7ccccc7c7ccccc76)ccc54)ccc32)cc1. The van der Waals surface area contributed by atoms with Gasteiger partial charge in [0.25, 0.3) is 0 Å². The summed E-state index contributed by atoms with van der Waals surface area (Å²) in [6.07, 6.45) is 0. The minimum Gasteiger partial charge on any atom is -0.309 e.